The minimum atomic E-state index is 0.390. The number of aldehydes is 1. The Hall–Kier alpha value is -0.370. The molecule has 0 bridgehead atoms. The van der Waals surface area contributed by atoms with Crippen molar-refractivity contribution in [3.8, 4) is 0 Å². The molecule has 0 amide bonds. The largest absolute Gasteiger partial charge is 0.400 e. The average Bonchev–Trinajstić information content (AvgIpc) is 2.25. The molecule has 0 unspecified atom stereocenters. The van der Waals surface area contributed by atoms with Gasteiger partial charge in [-0.05, 0) is 18.8 Å². The molecule has 1 rings (SSSR count). The molecule has 2 nitrogen and oxygen atoms in total. The lowest BCUT2D eigenvalue weighted by molar-refractivity contribution is -0.112. The SMILES string of the molecule is CC.CC1CCC(C=O)CC1.CO. The summed E-state index contributed by atoms with van der Waals surface area (Å²) in [6, 6.07) is 0. The highest BCUT2D eigenvalue weighted by molar-refractivity contribution is 5.53. The standard InChI is InChI=1S/C8H14O.C2H6.CH4O/c1-7-2-4-8(6-9)5-3-7;2*1-2/h6-8H,2-5H2,1H3;1-2H3;2H,1H3. The van der Waals surface area contributed by atoms with Gasteiger partial charge in [0.1, 0.15) is 6.29 Å². The van der Waals surface area contributed by atoms with Gasteiger partial charge in [-0.15, -0.1) is 0 Å². The molecule has 0 aromatic rings. The van der Waals surface area contributed by atoms with E-state index in [1.54, 1.807) is 0 Å². The van der Waals surface area contributed by atoms with Gasteiger partial charge in [-0.3, -0.25) is 0 Å². The van der Waals surface area contributed by atoms with Crippen LogP contribution in [0, 0.1) is 11.8 Å². The Balaban J connectivity index is 0. The molecule has 0 aromatic heterocycles. The van der Waals surface area contributed by atoms with E-state index in [0.29, 0.717) is 5.92 Å². The Morgan fingerprint density at radius 2 is 1.46 bits per heavy atom. The van der Waals surface area contributed by atoms with Gasteiger partial charge in [-0.1, -0.05) is 33.6 Å². The zero-order chi connectivity index (χ0) is 10.7. The van der Waals surface area contributed by atoms with Crippen LogP contribution in [0.25, 0.3) is 0 Å². The van der Waals surface area contributed by atoms with Gasteiger partial charge in [0.2, 0.25) is 0 Å². The van der Waals surface area contributed by atoms with Crippen molar-refractivity contribution in [2.24, 2.45) is 11.8 Å². The van der Waals surface area contributed by atoms with Crippen molar-refractivity contribution in [1.82, 2.24) is 0 Å². The van der Waals surface area contributed by atoms with Gasteiger partial charge in [0.05, 0.1) is 0 Å². The number of aliphatic hydroxyl groups is 1. The molecule has 1 saturated carbocycles. The highest BCUT2D eigenvalue weighted by Crippen LogP contribution is 2.26. The molecule has 1 fully saturated rings. The van der Waals surface area contributed by atoms with Crippen LogP contribution in [0.3, 0.4) is 0 Å². The highest BCUT2D eigenvalue weighted by atomic mass is 16.2. The predicted octanol–water partition coefficient (Wildman–Crippen LogP) is 2.65. The van der Waals surface area contributed by atoms with Gasteiger partial charge < -0.3 is 9.90 Å². The molecular weight excluding hydrogens is 164 g/mol. The quantitative estimate of drug-likeness (QED) is 0.642. The summed E-state index contributed by atoms with van der Waals surface area (Å²) < 4.78 is 0. The summed E-state index contributed by atoms with van der Waals surface area (Å²) >= 11 is 0. The van der Waals surface area contributed by atoms with Crippen molar-refractivity contribution in [3.63, 3.8) is 0 Å². The Bertz CT molecular complexity index is 94.3. The number of carbonyl (C=O) groups is 1. The van der Waals surface area contributed by atoms with E-state index in [0.717, 1.165) is 32.2 Å². The maximum absolute atomic E-state index is 10.3. The second-order valence-electron chi connectivity index (χ2n) is 3.16. The third kappa shape index (κ3) is 7.97. The van der Waals surface area contributed by atoms with Crippen LogP contribution in [0.4, 0.5) is 0 Å². The van der Waals surface area contributed by atoms with Crippen LogP contribution in [0.1, 0.15) is 46.5 Å². The Morgan fingerprint density at radius 3 is 1.77 bits per heavy atom. The second kappa shape index (κ2) is 11.6. The van der Waals surface area contributed by atoms with Gasteiger partial charge in [0.25, 0.3) is 0 Å². The molecule has 1 aliphatic rings. The fourth-order valence-electron chi connectivity index (χ4n) is 1.42. The molecule has 80 valence electrons. The van der Waals surface area contributed by atoms with Crippen molar-refractivity contribution in [3.05, 3.63) is 0 Å². The molecule has 0 aliphatic heterocycles. The molecule has 0 saturated heterocycles. The van der Waals surface area contributed by atoms with E-state index in [1.807, 2.05) is 13.8 Å². The van der Waals surface area contributed by atoms with Crippen LogP contribution in [-0.2, 0) is 4.79 Å². The molecule has 1 N–H and O–H groups in total. The van der Waals surface area contributed by atoms with E-state index in [2.05, 4.69) is 6.92 Å². The van der Waals surface area contributed by atoms with Crippen LogP contribution in [-0.4, -0.2) is 18.5 Å². The lowest BCUT2D eigenvalue weighted by Crippen LogP contribution is -2.12. The van der Waals surface area contributed by atoms with Gasteiger partial charge >= 0.3 is 0 Å². The van der Waals surface area contributed by atoms with Crippen LogP contribution in [0.15, 0.2) is 0 Å². The van der Waals surface area contributed by atoms with Gasteiger partial charge in [-0.25, -0.2) is 0 Å². The number of rotatable bonds is 1. The first-order valence-electron chi connectivity index (χ1n) is 5.23. The molecule has 0 spiro atoms. The summed E-state index contributed by atoms with van der Waals surface area (Å²) in [5.74, 6) is 1.25. The molecular formula is C11H24O2. The maximum atomic E-state index is 10.3. The zero-order valence-corrected chi connectivity index (χ0v) is 9.42. The smallest absolute Gasteiger partial charge is 0.123 e. The Morgan fingerprint density at radius 1 is 1.08 bits per heavy atom. The summed E-state index contributed by atoms with van der Waals surface area (Å²) in [6.07, 6.45) is 5.88. The fraction of sp³-hybridized carbons (Fsp3) is 0.909. The Labute approximate surface area is 82.4 Å². The zero-order valence-electron chi connectivity index (χ0n) is 9.42. The van der Waals surface area contributed by atoms with Gasteiger partial charge in [0.15, 0.2) is 0 Å². The molecule has 2 heteroatoms. The average molecular weight is 188 g/mol. The van der Waals surface area contributed by atoms with Crippen molar-refractivity contribution >= 4 is 6.29 Å². The number of hydrogen-bond donors (Lipinski definition) is 1. The molecule has 1 aliphatic carbocycles. The van der Waals surface area contributed by atoms with E-state index in [9.17, 15) is 4.79 Å². The van der Waals surface area contributed by atoms with Crippen LogP contribution >= 0.6 is 0 Å². The third-order valence-electron chi connectivity index (χ3n) is 2.25. The van der Waals surface area contributed by atoms with Crippen molar-refractivity contribution < 1.29 is 9.90 Å². The topological polar surface area (TPSA) is 37.3 Å². The first-order valence-corrected chi connectivity index (χ1v) is 5.23. The summed E-state index contributed by atoms with van der Waals surface area (Å²) in [7, 11) is 1.00. The van der Waals surface area contributed by atoms with E-state index >= 15 is 0 Å². The van der Waals surface area contributed by atoms with Crippen LogP contribution in [0.2, 0.25) is 0 Å². The number of carbonyl (C=O) groups excluding carboxylic acids is 1. The first-order chi connectivity index (χ1) is 6.33. The summed E-state index contributed by atoms with van der Waals surface area (Å²) in [5.41, 5.74) is 0. The summed E-state index contributed by atoms with van der Waals surface area (Å²) in [4.78, 5) is 10.3. The van der Waals surface area contributed by atoms with Gasteiger partial charge in [0, 0.05) is 13.0 Å². The normalized spacial score (nSPS) is 25.9. The van der Waals surface area contributed by atoms with Crippen molar-refractivity contribution in [2.75, 3.05) is 7.11 Å². The molecule has 0 atom stereocenters. The van der Waals surface area contributed by atoms with Crippen LogP contribution in [0.5, 0.6) is 0 Å². The van der Waals surface area contributed by atoms with E-state index in [4.69, 9.17) is 5.11 Å². The third-order valence-corrected chi connectivity index (χ3v) is 2.25. The van der Waals surface area contributed by atoms with Gasteiger partial charge in [-0.2, -0.15) is 0 Å². The van der Waals surface area contributed by atoms with E-state index in [1.165, 1.54) is 12.8 Å². The minimum Gasteiger partial charge on any atom is -0.400 e. The second-order valence-corrected chi connectivity index (χ2v) is 3.16. The van der Waals surface area contributed by atoms with E-state index in [-0.39, 0.29) is 0 Å². The fourth-order valence-corrected chi connectivity index (χ4v) is 1.42. The minimum absolute atomic E-state index is 0.390. The lowest BCUT2D eigenvalue weighted by Gasteiger charge is -2.21. The first kappa shape index (κ1) is 15.1. The summed E-state index contributed by atoms with van der Waals surface area (Å²) in [6.45, 7) is 6.26. The molecule has 13 heavy (non-hydrogen) atoms. The molecule has 0 aromatic carbocycles. The monoisotopic (exact) mass is 188 g/mol. The Kier molecular flexibility index (Phi) is 13.5. The molecule has 0 radical (unpaired) electrons. The van der Waals surface area contributed by atoms with Crippen molar-refractivity contribution in [1.29, 1.82) is 0 Å². The van der Waals surface area contributed by atoms with E-state index < -0.39 is 0 Å². The number of aliphatic hydroxyl groups excluding tert-OH is 1. The van der Waals surface area contributed by atoms with Crippen LogP contribution < -0.4 is 0 Å². The lowest BCUT2D eigenvalue weighted by atomic mass is 9.84. The maximum Gasteiger partial charge on any atom is 0.123 e. The van der Waals surface area contributed by atoms with Crippen molar-refractivity contribution in [2.45, 2.75) is 46.5 Å². The number of hydrogen-bond acceptors (Lipinski definition) is 2. The molecule has 0 heterocycles. The summed E-state index contributed by atoms with van der Waals surface area (Å²) in [5, 5.41) is 7.00. The highest BCUT2D eigenvalue weighted by Gasteiger charge is 2.16. The predicted molar refractivity (Wildman–Crippen MR) is 56.7 cm³/mol.